The van der Waals surface area contributed by atoms with Crippen LogP contribution in [0.2, 0.25) is 0 Å². The van der Waals surface area contributed by atoms with E-state index in [4.69, 9.17) is 5.73 Å². The Balaban J connectivity index is 0.00000484. The number of hydrogen-bond acceptors (Lipinski definition) is 3. The van der Waals surface area contributed by atoms with Gasteiger partial charge in [0.05, 0.1) is 0 Å². The molecular weight excluding hydrogens is 316 g/mol. The van der Waals surface area contributed by atoms with Crippen LogP contribution in [-0.4, -0.2) is 47.6 Å². The van der Waals surface area contributed by atoms with Gasteiger partial charge in [-0.15, -0.1) is 12.4 Å². The Morgan fingerprint density at radius 1 is 1.30 bits per heavy atom. The minimum absolute atomic E-state index is 0. The molecule has 0 aromatic rings. The molecule has 0 aliphatic carbocycles. The summed E-state index contributed by atoms with van der Waals surface area (Å²) in [6, 6.07) is -0.641. The molecule has 1 rings (SSSR count). The highest BCUT2D eigenvalue weighted by Crippen LogP contribution is 2.24. The lowest BCUT2D eigenvalue weighted by Crippen LogP contribution is -2.56. The Bertz CT molecular complexity index is 409. The zero-order valence-electron chi connectivity index (χ0n) is 15.2. The Labute approximate surface area is 146 Å². The molecule has 0 radical (unpaired) electrons. The van der Waals surface area contributed by atoms with Crippen molar-refractivity contribution in [2.45, 2.75) is 65.6 Å². The van der Waals surface area contributed by atoms with Crippen molar-refractivity contribution in [2.75, 3.05) is 13.1 Å². The molecule has 1 heterocycles. The Hall–Kier alpha value is -1.01. The highest BCUT2D eigenvalue weighted by molar-refractivity contribution is 5.88. The lowest BCUT2D eigenvalue weighted by Gasteiger charge is -2.31. The van der Waals surface area contributed by atoms with Gasteiger partial charge in [0.2, 0.25) is 5.91 Å². The number of nitrogens with two attached hydrogens (primary N) is 1. The minimum Gasteiger partial charge on any atom is -0.338 e. The molecule has 4 N–H and O–H groups in total. The topological polar surface area (TPSA) is 87.5 Å². The predicted molar refractivity (Wildman–Crippen MR) is 95.6 cm³/mol. The van der Waals surface area contributed by atoms with Crippen molar-refractivity contribution in [2.24, 2.45) is 17.6 Å². The van der Waals surface area contributed by atoms with Gasteiger partial charge in [-0.25, -0.2) is 4.79 Å². The summed E-state index contributed by atoms with van der Waals surface area (Å²) in [5, 5.41) is 5.67. The second-order valence-electron chi connectivity index (χ2n) is 7.75. The van der Waals surface area contributed by atoms with Gasteiger partial charge >= 0.3 is 6.03 Å². The number of halogens is 1. The second-order valence-corrected chi connectivity index (χ2v) is 7.75. The van der Waals surface area contributed by atoms with Gasteiger partial charge in [0.1, 0.15) is 6.04 Å². The van der Waals surface area contributed by atoms with Gasteiger partial charge < -0.3 is 21.3 Å². The van der Waals surface area contributed by atoms with E-state index in [1.54, 1.807) is 0 Å². The quantitative estimate of drug-likeness (QED) is 0.723. The third kappa shape index (κ3) is 6.55. The van der Waals surface area contributed by atoms with Crippen molar-refractivity contribution in [3.63, 3.8) is 0 Å². The average Bonchev–Trinajstić information content (AvgIpc) is 2.74. The monoisotopic (exact) mass is 348 g/mol. The first-order valence-corrected chi connectivity index (χ1v) is 8.14. The van der Waals surface area contributed by atoms with Crippen LogP contribution in [0.15, 0.2) is 0 Å². The molecule has 1 saturated heterocycles. The van der Waals surface area contributed by atoms with Crippen molar-refractivity contribution in [3.8, 4) is 0 Å². The number of nitrogens with zero attached hydrogens (tertiary/aromatic N) is 1. The fourth-order valence-corrected chi connectivity index (χ4v) is 2.83. The zero-order valence-corrected chi connectivity index (χ0v) is 16.0. The van der Waals surface area contributed by atoms with E-state index in [1.807, 2.05) is 46.4 Å². The summed E-state index contributed by atoms with van der Waals surface area (Å²) in [6.07, 6.45) is 0.932. The van der Waals surface area contributed by atoms with Gasteiger partial charge in [-0.05, 0) is 52.5 Å². The average molecular weight is 349 g/mol. The summed E-state index contributed by atoms with van der Waals surface area (Å²) in [5.74, 6) is 0.375. The van der Waals surface area contributed by atoms with Crippen molar-refractivity contribution in [3.05, 3.63) is 0 Å². The first kappa shape index (κ1) is 22.0. The van der Waals surface area contributed by atoms with Crippen molar-refractivity contribution >= 4 is 24.3 Å². The highest BCUT2D eigenvalue weighted by atomic mass is 35.5. The number of carbonyl (C=O) groups is 2. The molecule has 0 bridgehead atoms. The van der Waals surface area contributed by atoms with Gasteiger partial charge in [-0.1, -0.05) is 13.8 Å². The number of likely N-dealkylation sites (tertiary alicyclic amines) is 1. The van der Waals surface area contributed by atoms with Crippen molar-refractivity contribution in [1.82, 2.24) is 15.5 Å². The van der Waals surface area contributed by atoms with Gasteiger partial charge in [-0.2, -0.15) is 0 Å². The number of carbonyl (C=O) groups excluding carboxylic acids is 2. The molecule has 1 fully saturated rings. The van der Waals surface area contributed by atoms with Gasteiger partial charge in [0.15, 0.2) is 0 Å². The zero-order chi connectivity index (χ0) is 17.1. The maximum Gasteiger partial charge on any atom is 0.315 e. The van der Waals surface area contributed by atoms with Gasteiger partial charge in [0, 0.05) is 18.1 Å². The van der Waals surface area contributed by atoms with Crippen LogP contribution in [0, 0.1) is 11.8 Å². The summed E-state index contributed by atoms with van der Waals surface area (Å²) >= 11 is 0. The van der Waals surface area contributed by atoms with E-state index in [1.165, 1.54) is 0 Å². The number of urea groups is 1. The van der Waals surface area contributed by atoms with Crippen LogP contribution in [0.25, 0.3) is 0 Å². The second kappa shape index (κ2) is 8.73. The first-order chi connectivity index (χ1) is 10.0. The molecule has 3 atom stereocenters. The number of rotatable bonds is 4. The van der Waals surface area contributed by atoms with E-state index in [-0.39, 0.29) is 41.8 Å². The maximum atomic E-state index is 12.8. The van der Waals surface area contributed by atoms with Crippen molar-refractivity contribution in [1.29, 1.82) is 0 Å². The summed E-state index contributed by atoms with van der Waals surface area (Å²) in [4.78, 5) is 26.7. The van der Waals surface area contributed by atoms with E-state index < -0.39 is 6.04 Å². The standard InChI is InChI=1S/C16H32N4O2.ClH/c1-10(2)13(18-15(22)19-16(4,5)6)14(21)20-9-12(8-17)7-11(20)3;/h10-13H,7-9,17H2,1-6H3,(H2,18,19,22);1H/t11?,12?,13-;/m0./s1. The molecule has 0 aromatic carbocycles. The van der Waals surface area contributed by atoms with Crippen LogP contribution in [-0.2, 0) is 4.79 Å². The Kier molecular flexibility index (Phi) is 8.35. The molecule has 6 nitrogen and oxygen atoms in total. The molecule has 23 heavy (non-hydrogen) atoms. The smallest absolute Gasteiger partial charge is 0.315 e. The van der Waals surface area contributed by atoms with Gasteiger partial charge in [0.25, 0.3) is 0 Å². The van der Waals surface area contributed by atoms with Crippen LogP contribution >= 0.6 is 12.4 Å². The van der Waals surface area contributed by atoms with Gasteiger partial charge in [-0.3, -0.25) is 4.79 Å². The molecule has 7 heteroatoms. The van der Waals surface area contributed by atoms with Crippen LogP contribution in [0.1, 0.15) is 48.0 Å². The molecule has 1 aliphatic heterocycles. The molecule has 2 unspecified atom stereocenters. The third-order valence-corrected chi connectivity index (χ3v) is 3.99. The normalized spacial score (nSPS) is 22.5. The van der Waals surface area contributed by atoms with E-state index in [0.29, 0.717) is 19.0 Å². The number of amides is 3. The molecule has 3 amide bonds. The summed E-state index contributed by atoms with van der Waals surface area (Å²) < 4.78 is 0. The van der Waals surface area contributed by atoms with E-state index in [2.05, 4.69) is 10.6 Å². The lowest BCUT2D eigenvalue weighted by atomic mass is 10.0. The minimum atomic E-state index is -0.513. The van der Waals surface area contributed by atoms with E-state index in [0.717, 1.165) is 6.42 Å². The fourth-order valence-electron chi connectivity index (χ4n) is 2.83. The Morgan fingerprint density at radius 2 is 1.87 bits per heavy atom. The van der Waals surface area contributed by atoms with Crippen molar-refractivity contribution < 1.29 is 9.59 Å². The summed E-state index contributed by atoms with van der Waals surface area (Å²) in [6.45, 7) is 12.9. The van der Waals surface area contributed by atoms with E-state index in [9.17, 15) is 9.59 Å². The Morgan fingerprint density at radius 3 is 2.26 bits per heavy atom. The molecule has 0 saturated carbocycles. The lowest BCUT2D eigenvalue weighted by molar-refractivity contribution is -0.134. The highest BCUT2D eigenvalue weighted by Gasteiger charge is 2.37. The molecule has 0 aromatic heterocycles. The third-order valence-electron chi connectivity index (χ3n) is 3.99. The SMILES string of the molecule is CC(C)[C@H](NC(=O)NC(C)(C)C)C(=O)N1CC(CN)CC1C.Cl. The molecule has 0 spiro atoms. The molecule has 1 aliphatic rings. The van der Waals surface area contributed by atoms with Crippen LogP contribution < -0.4 is 16.4 Å². The number of nitrogens with one attached hydrogen (secondary N) is 2. The number of hydrogen-bond donors (Lipinski definition) is 3. The summed E-state index contributed by atoms with van der Waals surface area (Å²) in [7, 11) is 0. The van der Waals surface area contributed by atoms with Crippen LogP contribution in [0.4, 0.5) is 4.79 Å². The molecule has 136 valence electrons. The molecular formula is C16H33ClN4O2. The summed E-state index contributed by atoms with van der Waals surface area (Å²) in [5.41, 5.74) is 5.39. The fraction of sp³-hybridized carbons (Fsp3) is 0.875. The maximum absolute atomic E-state index is 12.8. The first-order valence-electron chi connectivity index (χ1n) is 8.14. The van der Waals surface area contributed by atoms with Crippen LogP contribution in [0.3, 0.4) is 0 Å². The largest absolute Gasteiger partial charge is 0.338 e. The van der Waals surface area contributed by atoms with E-state index >= 15 is 0 Å². The predicted octanol–water partition coefficient (Wildman–Crippen LogP) is 1.73. The van der Waals surface area contributed by atoms with Crippen LogP contribution in [0.5, 0.6) is 0 Å².